The van der Waals surface area contributed by atoms with Gasteiger partial charge in [-0.05, 0) is 73.4 Å². The number of aromatic nitrogens is 2. The molecule has 0 bridgehead atoms. The summed E-state index contributed by atoms with van der Waals surface area (Å²) in [6.45, 7) is 3.45. The van der Waals surface area contributed by atoms with Crippen molar-refractivity contribution in [3.63, 3.8) is 0 Å². The summed E-state index contributed by atoms with van der Waals surface area (Å²) in [5.74, 6) is 0.129. The van der Waals surface area contributed by atoms with Crippen molar-refractivity contribution in [1.82, 2.24) is 14.5 Å². The largest absolute Gasteiger partial charge is 0.461 e. The number of hydrogen-bond donors (Lipinski definition) is 1. The Hall–Kier alpha value is -3.22. The van der Waals surface area contributed by atoms with E-state index in [1.165, 1.54) is 10.8 Å². The molecule has 1 saturated heterocycles. The number of rotatable bonds is 6. The second-order valence-corrected chi connectivity index (χ2v) is 9.02. The molecule has 5 rings (SSSR count). The number of nitrogens with two attached hydrogens (primary N) is 1. The van der Waals surface area contributed by atoms with Gasteiger partial charge < -0.3 is 19.9 Å². The highest BCUT2D eigenvalue weighted by Gasteiger charge is 2.22. The van der Waals surface area contributed by atoms with Crippen molar-refractivity contribution in [2.75, 3.05) is 26.7 Å². The fourth-order valence-corrected chi connectivity index (χ4v) is 4.71. The average molecular weight is 443 g/mol. The van der Waals surface area contributed by atoms with E-state index in [4.69, 9.17) is 15.5 Å². The minimum Gasteiger partial charge on any atom is -0.461 e. The van der Waals surface area contributed by atoms with Gasteiger partial charge in [0.2, 0.25) is 0 Å². The van der Waals surface area contributed by atoms with Gasteiger partial charge >= 0.3 is 5.97 Å². The van der Waals surface area contributed by atoms with Crippen molar-refractivity contribution in [2.24, 2.45) is 11.7 Å². The Kier molecular flexibility index (Phi) is 6.11. The lowest BCUT2D eigenvalue weighted by molar-refractivity contribution is 0.0373. The fraction of sp³-hybridized carbons (Fsp3) is 0.333. The van der Waals surface area contributed by atoms with E-state index >= 15 is 0 Å². The SMILES string of the molecule is CN1CCC(COC(=O)c2cc3ccc(CN)nc3n2Cc2cccc3ccccc23)CC1. The first kappa shape index (κ1) is 21.6. The predicted octanol–water partition coefficient (Wildman–Crippen LogP) is 4.20. The van der Waals surface area contributed by atoms with Crippen molar-refractivity contribution in [2.45, 2.75) is 25.9 Å². The van der Waals surface area contributed by atoms with Gasteiger partial charge in [0.1, 0.15) is 11.3 Å². The van der Waals surface area contributed by atoms with Crippen molar-refractivity contribution in [1.29, 1.82) is 0 Å². The van der Waals surface area contributed by atoms with Crippen LogP contribution in [0.4, 0.5) is 0 Å². The summed E-state index contributed by atoms with van der Waals surface area (Å²) in [5, 5.41) is 3.26. The van der Waals surface area contributed by atoms with E-state index in [0.717, 1.165) is 48.2 Å². The summed E-state index contributed by atoms with van der Waals surface area (Å²) in [6, 6.07) is 20.4. The van der Waals surface area contributed by atoms with Crippen LogP contribution in [0.3, 0.4) is 0 Å². The quantitative estimate of drug-likeness (QED) is 0.453. The minimum absolute atomic E-state index is 0.290. The zero-order valence-electron chi connectivity index (χ0n) is 19.0. The van der Waals surface area contributed by atoms with Crippen LogP contribution >= 0.6 is 0 Å². The van der Waals surface area contributed by atoms with Gasteiger partial charge in [0.15, 0.2) is 0 Å². The summed E-state index contributed by atoms with van der Waals surface area (Å²) in [5.41, 5.74) is 9.09. The Labute approximate surface area is 194 Å². The van der Waals surface area contributed by atoms with E-state index < -0.39 is 0 Å². The van der Waals surface area contributed by atoms with Gasteiger partial charge in [-0.3, -0.25) is 0 Å². The molecule has 0 amide bonds. The first-order chi connectivity index (χ1) is 16.1. The summed E-state index contributed by atoms with van der Waals surface area (Å²) in [4.78, 5) is 20.3. The van der Waals surface area contributed by atoms with Crippen LogP contribution < -0.4 is 5.73 Å². The van der Waals surface area contributed by atoms with Crippen molar-refractivity contribution in [3.8, 4) is 0 Å². The molecule has 170 valence electrons. The molecule has 0 atom stereocenters. The summed E-state index contributed by atoms with van der Waals surface area (Å²) < 4.78 is 7.80. The lowest BCUT2D eigenvalue weighted by atomic mass is 9.98. The summed E-state index contributed by atoms with van der Waals surface area (Å²) >= 11 is 0. The summed E-state index contributed by atoms with van der Waals surface area (Å²) in [6.07, 6.45) is 2.12. The number of nitrogens with zero attached hydrogens (tertiary/aromatic N) is 3. The monoisotopic (exact) mass is 442 g/mol. The highest BCUT2D eigenvalue weighted by atomic mass is 16.5. The number of fused-ring (bicyclic) bond motifs is 2. The molecule has 33 heavy (non-hydrogen) atoms. The van der Waals surface area contributed by atoms with Crippen LogP contribution in [-0.2, 0) is 17.8 Å². The molecule has 0 unspecified atom stereocenters. The van der Waals surface area contributed by atoms with Crippen LogP contribution in [-0.4, -0.2) is 47.2 Å². The highest BCUT2D eigenvalue weighted by molar-refractivity contribution is 5.95. The molecular formula is C27H30N4O2. The normalized spacial score (nSPS) is 15.3. The topological polar surface area (TPSA) is 73.4 Å². The number of carbonyl (C=O) groups excluding carboxylic acids is 1. The van der Waals surface area contributed by atoms with Crippen molar-refractivity contribution < 1.29 is 9.53 Å². The molecule has 2 N–H and O–H groups in total. The number of pyridine rings is 1. The van der Waals surface area contributed by atoms with Crippen LogP contribution in [0.15, 0.2) is 60.7 Å². The molecule has 6 nitrogen and oxygen atoms in total. The number of benzene rings is 2. The fourth-order valence-electron chi connectivity index (χ4n) is 4.71. The lowest BCUT2D eigenvalue weighted by Crippen LogP contribution is -2.32. The molecule has 4 aromatic rings. The second-order valence-electron chi connectivity index (χ2n) is 9.02. The molecular weight excluding hydrogens is 412 g/mol. The zero-order valence-corrected chi connectivity index (χ0v) is 19.0. The van der Waals surface area contributed by atoms with Crippen molar-refractivity contribution >= 4 is 27.8 Å². The Bertz CT molecular complexity index is 1280. The lowest BCUT2D eigenvalue weighted by Gasteiger charge is -2.28. The number of hydrogen-bond acceptors (Lipinski definition) is 5. The van der Waals surface area contributed by atoms with Gasteiger partial charge in [0.25, 0.3) is 0 Å². The van der Waals surface area contributed by atoms with E-state index in [2.05, 4.69) is 42.3 Å². The van der Waals surface area contributed by atoms with Gasteiger partial charge in [-0.15, -0.1) is 0 Å². The number of ether oxygens (including phenoxy) is 1. The smallest absolute Gasteiger partial charge is 0.355 e. The van der Waals surface area contributed by atoms with E-state index in [9.17, 15) is 4.79 Å². The van der Waals surface area contributed by atoms with E-state index in [-0.39, 0.29) is 5.97 Å². The maximum Gasteiger partial charge on any atom is 0.355 e. The third-order valence-corrected chi connectivity index (χ3v) is 6.72. The van der Waals surface area contributed by atoms with Crippen LogP contribution in [0.5, 0.6) is 0 Å². The maximum absolute atomic E-state index is 13.2. The maximum atomic E-state index is 13.2. The third kappa shape index (κ3) is 4.49. The van der Waals surface area contributed by atoms with Crippen LogP contribution in [0, 0.1) is 5.92 Å². The Balaban J connectivity index is 1.49. The molecule has 1 aliphatic rings. The van der Waals surface area contributed by atoms with E-state index in [0.29, 0.717) is 31.3 Å². The Morgan fingerprint density at radius 1 is 1.06 bits per heavy atom. The van der Waals surface area contributed by atoms with Gasteiger partial charge in [0, 0.05) is 11.9 Å². The highest BCUT2D eigenvalue weighted by Crippen LogP contribution is 2.25. The molecule has 3 heterocycles. The third-order valence-electron chi connectivity index (χ3n) is 6.72. The van der Waals surface area contributed by atoms with Crippen LogP contribution in [0.2, 0.25) is 0 Å². The minimum atomic E-state index is -0.290. The first-order valence-corrected chi connectivity index (χ1v) is 11.6. The molecule has 2 aromatic carbocycles. The number of piperidine rings is 1. The van der Waals surface area contributed by atoms with Gasteiger partial charge in [-0.2, -0.15) is 0 Å². The van der Waals surface area contributed by atoms with Crippen LogP contribution in [0.25, 0.3) is 21.8 Å². The van der Waals surface area contributed by atoms with E-state index in [1.807, 2.05) is 34.9 Å². The molecule has 0 saturated carbocycles. The number of carbonyl (C=O) groups is 1. The molecule has 0 aliphatic carbocycles. The molecule has 1 fully saturated rings. The van der Waals surface area contributed by atoms with E-state index in [1.54, 1.807) is 0 Å². The molecule has 0 radical (unpaired) electrons. The van der Waals surface area contributed by atoms with Gasteiger partial charge in [-0.25, -0.2) is 9.78 Å². The van der Waals surface area contributed by atoms with Gasteiger partial charge in [0.05, 0.1) is 18.8 Å². The van der Waals surface area contributed by atoms with Crippen molar-refractivity contribution in [3.05, 3.63) is 77.6 Å². The molecule has 6 heteroatoms. The number of esters is 1. The molecule has 2 aromatic heterocycles. The first-order valence-electron chi connectivity index (χ1n) is 11.6. The molecule has 1 aliphatic heterocycles. The Morgan fingerprint density at radius 3 is 2.67 bits per heavy atom. The van der Waals surface area contributed by atoms with Gasteiger partial charge in [-0.1, -0.05) is 42.5 Å². The second kappa shape index (κ2) is 9.33. The summed E-state index contributed by atoms with van der Waals surface area (Å²) in [7, 11) is 2.14. The zero-order chi connectivity index (χ0) is 22.8. The predicted molar refractivity (Wildman–Crippen MR) is 131 cm³/mol. The van der Waals surface area contributed by atoms with Crippen LogP contribution in [0.1, 0.15) is 34.6 Å². The standard InChI is InChI=1S/C27H30N4O2/c1-30-13-11-19(12-14-30)18-33-27(32)25-15-21-9-10-23(16-28)29-26(21)31(25)17-22-7-4-6-20-5-2-3-8-24(20)22/h2-10,15,19H,11-14,16-18,28H2,1H3. The number of likely N-dealkylation sites (tertiary alicyclic amines) is 1. The molecule has 0 spiro atoms. The Morgan fingerprint density at radius 2 is 1.85 bits per heavy atom. The average Bonchev–Trinajstić information content (AvgIpc) is 3.21.